The zero-order valence-corrected chi connectivity index (χ0v) is 17.5. The van der Waals surface area contributed by atoms with Crippen molar-refractivity contribution in [2.24, 2.45) is 0 Å². The van der Waals surface area contributed by atoms with Gasteiger partial charge >= 0.3 is 20.2 Å². The van der Waals surface area contributed by atoms with E-state index in [0.29, 0.717) is 0 Å². The summed E-state index contributed by atoms with van der Waals surface area (Å²) >= 11 is 0. The number of hydrogen-bond acceptors (Lipinski definition) is 5. The second-order valence-corrected chi connectivity index (χ2v) is 7.68. The normalized spacial score (nSPS) is 13.0. The number of ether oxygens (including phenoxy) is 3. The molecular weight excluding hydrogens is 445 g/mol. The van der Waals surface area contributed by atoms with Crippen LogP contribution in [0.4, 0.5) is 26.3 Å². The third-order valence-corrected chi connectivity index (χ3v) is 4.44. The molecule has 0 saturated carbocycles. The molecule has 0 aliphatic heterocycles. The number of halogens is 6. The van der Waals surface area contributed by atoms with E-state index in [0.717, 1.165) is 37.8 Å². The van der Waals surface area contributed by atoms with Gasteiger partial charge in [0.15, 0.2) is 11.5 Å². The van der Waals surface area contributed by atoms with Crippen LogP contribution >= 0.6 is 0 Å². The number of rotatable bonds is 8. The minimum absolute atomic E-state index is 0.0531. The summed E-state index contributed by atoms with van der Waals surface area (Å²) in [6, 6.07) is 7.63. The molecule has 2 aromatic carbocycles. The van der Waals surface area contributed by atoms with E-state index in [-0.39, 0.29) is 17.0 Å². The van der Waals surface area contributed by atoms with Crippen LogP contribution in [0.3, 0.4) is 0 Å². The van der Waals surface area contributed by atoms with Gasteiger partial charge < -0.3 is 24.0 Å². The predicted molar refractivity (Wildman–Crippen MR) is 103 cm³/mol. The minimum Gasteiger partial charge on any atom is -0.453 e. The minimum atomic E-state index is -5.03. The predicted octanol–water partition coefficient (Wildman–Crippen LogP) is 5.09. The Balaban J connectivity index is 2.23. The van der Waals surface area contributed by atoms with Gasteiger partial charge in [0.1, 0.15) is 11.5 Å². The monoisotopic (exact) mass is 465 g/mol. The van der Waals surface area contributed by atoms with Crippen LogP contribution in [0.25, 0.3) is 0 Å². The molecule has 0 atom stereocenters. The Labute approximate surface area is 181 Å². The van der Waals surface area contributed by atoms with E-state index in [1.807, 2.05) is 0 Å². The molecular formula is C20H20BF6O5. The van der Waals surface area contributed by atoms with Gasteiger partial charge in [-0.05, 0) is 69.6 Å². The summed E-state index contributed by atoms with van der Waals surface area (Å²) in [5.74, 6) is -1.62. The van der Waals surface area contributed by atoms with Gasteiger partial charge in [0.2, 0.25) is 0 Å². The Morgan fingerprint density at radius 3 is 1.75 bits per heavy atom. The van der Waals surface area contributed by atoms with Crippen LogP contribution in [0.1, 0.15) is 27.7 Å². The molecule has 0 unspecified atom stereocenters. The Kier molecular flexibility index (Phi) is 7.30. The number of aliphatic hydroxyl groups is 1. The second-order valence-electron chi connectivity index (χ2n) is 7.68. The third kappa shape index (κ3) is 7.83. The molecule has 1 N–H and O–H groups in total. The topological polar surface area (TPSA) is 57.2 Å². The maximum absolute atomic E-state index is 12.9. The highest BCUT2D eigenvalue weighted by Crippen LogP contribution is 2.35. The van der Waals surface area contributed by atoms with Gasteiger partial charge in [-0.2, -0.15) is 0 Å². The number of hydrogen-bond donors (Lipinski definition) is 1. The van der Waals surface area contributed by atoms with Gasteiger partial charge in [0.05, 0.1) is 11.2 Å². The first-order chi connectivity index (χ1) is 14.5. The van der Waals surface area contributed by atoms with Crippen LogP contribution in [0, 0.1) is 0 Å². The standard InChI is InChI=1S/C20H20BF6O5/c1-17(2,28)18(3,4)32-21-12-5-10-15(16(11-12)31-20(25,26)27)29-13-6-8-14(9-7-13)30-19(22,23)24/h5-11,28H,1-4H3. The summed E-state index contributed by atoms with van der Waals surface area (Å²) < 4.78 is 93.9. The SMILES string of the molecule is CC(C)(O)C(C)(C)O[B]c1ccc(Oc2ccc(OC(F)(F)F)cc2)c(OC(F)(F)F)c1. The van der Waals surface area contributed by atoms with Crippen LogP contribution in [0.15, 0.2) is 42.5 Å². The number of alkyl halides is 6. The molecule has 1 radical (unpaired) electrons. The summed E-state index contributed by atoms with van der Waals surface area (Å²) in [5.41, 5.74) is -2.13. The highest BCUT2D eigenvalue weighted by molar-refractivity contribution is 6.47. The first kappa shape index (κ1) is 25.7. The molecule has 5 nitrogen and oxygen atoms in total. The zero-order valence-electron chi connectivity index (χ0n) is 17.5. The van der Waals surface area contributed by atoms with Gasteiger partial charge in [-0.15, -0.1) is 26.3 Å². The first-order valence-corrected chi connectivity index (χ1v) is 9.12. The summed E-state index contributed by atoms with van der Waals surface area (Å²) in [4.78, 5) is 0. The summed E-state index contributed by atoms with van der Waals surface area (Å²) in [6.45, 7) is 6.22. The summed E-state index contributed by atoms with van der Waals surface area (Å²) in [5, 5.41) is 10.1. The van der Waals surface area contributed by atoms with E-state index in [2.05, 4.69) is 9.47 Å². The lowest BCUT2D eigenvalue weighted by atomic mass is 9.82. The van der Waals surface area contributed by atoms with E-state index >= 15 is 0 Å². The van der Waals surface area contributed by atoms with Crippen LogP contribution in [0.2, 0.25) is 0 Å². The van der Waals surface area contributed by atoms with Gasteiger partial charge in [0, 0.05) is 0 Å². The molecule has 32 heavy (non-hydrogen) atoms. The van der Waals surface area contributed by atoms with Gasteiger partial charge in [0.25, 0.3) is 0 Å². The van der Waals surface area contributed by atoms with E-state index in [4.69, 9.17) is 9.39 Å². The Morgan fingerprint density at radius 1 is 0.719 bits per heavy atom. The molecule has 0 saturated heterocycles. The third-order valence-electron chi connectivity index (χ3n) is 4.44. The molecule has 0 amide bonds. The lowest BCUT2D eigenvalue weighted by molar-refractivity contribution is -0.275. The van der Waals surface area contributed by atoms with Crippen molar-refractivity contribution in [1.82, 2.24) is 0 Å². The average molecular weight is 465 g/mol. The van der Waals surface area contributed by atoms with Crippen molar-refractivity contribution in [3.05, 3.63) is 42.5 Å². The second kappa shape index (κ2) is 9.10. The molecule has 0 aromatic heterocycles. The Hall–Kier alpha value is -2.60. The molecule has 12 heteroatoms. The van der Waals surface area contributed by atoms with E-state index in [9.17, 15) is 31.4 Å². The van der Waals surface area contributed by atoms with Crippen molar-refractivity contribution < 1.29 is 50.3 Å². The summed E-state index contributed by atoms with van der Waals surface area (Å²) in [7, 11) is 1.16. The summed E-state index contributed by atoms with van der Waals surface area (Å²) in [6.07, 6.45) is -9.92. The molecule has 0 aliphatic carbocycles. The van der Waals surface area contributed by atoms with Gasteiger partial charge in [-0.1, -0.05) is 6.07 Å². The average Bonchev–Trinajstić information content (AvgIpc) is 2.60. The van der Waals surface area contributed by atoms with Crippen molar-refractivity contribution in [3.8, 4) is 23.0 Å². The van der Waals surface area contributed by atoms with Crippen LogP contribution in [0.5, 0.6) is 23.0 Å². The highest BCUT2D eigenvalue weighted by Gasteiger charge is 2.36. The largest absolute Gasteiger partial charge is 0.573 e. The molecule has 2 aromatic rings. The fourth-order valence-corrected chi connectivity index (χ4v) is 2.08. The van der Waals surface area contributed by atoms with Crippen molar-refractivity contribution >= 4 is 12.9 Å². The Morgan fingerprint density at radius 2 is 1.25 bits per heavy atom. The quantitative estimate of drug-likeness (QED) is 0.435. The maximum Gasteiger partial charge on any atom is 0.573 e. The molecule has 0 aliphatic rings. The van der Waals surface area contributed by atoms with E-state index in [1.165, 1.54) is 26.0 Å². The molecule has 0 fully saturated rings. The molecule has 175 valence electrons. The smallest absolute Gasteiger partial charge is 0.453 e. The molecule has 0 spiro atoms. The fourth-order valence-electron chi connectivity index (χ4n) is 2.08. The van der Waals surface area contributed by atoms with Crippen LogP contribution in [-0.2, 0) is 4.65 Å². The lowest BCUT2D eigenvalue weighted by Gasteiger charge is -2.37. The molecule has 0 bridgehead atoms. The van der Waals surface area contributed by atoms with Gasteiger partial charge in [-0.25, -0.2) is 0 Å². The van der Waals surface area contributed by atoms with Crippen molar-refractivity contribution in [2.45, 2.75) is 51.6 Å². The van der Waals surface area contributed by atoms with Crippen LogP contribution < -0.4 is 19.7 Å². The number of benzene rings is 2. The van der Waals surface area contributed by atoms with Crippen LogP contribution in [-0.4, -0.2) is 36.5 Å². The molecule has 0 heterocycles. The van der Waals surface area contributed by atoms with Gasteiger partial charge in [-0.3, -0.25) is 0 Å². The zero-order chi connectivity index (χ0) is 24.4. The highest BCUT2D eigenvalue weighted by atomic mass is 19.4. The van der Waals surface area contributed by atoms with Crippen molar-refractivity contribution in [3.63, 3.8) is 0 Å². The molecule has 2 rings (SSSR count). The van der Waals surface area contributed by atoms with E-state index < -0.39 is 35.4 Å². The van der Waals surface area contributed by atoms with Crippen molar-refractivity contribution in [1.29, 1.82) is 0 Å². The Bertz CT molecular complexity index is 905. The van der Waals surface area contributed by atoms with Crippen molar-refractivity contribution in [2.75, 3.05) is 0 Å². The fraction of sp³-hybridized carbons (Fsp3) is 0.400. The maximum atomic E-state index is 12.9. The lowest BCUT2D eigenvalue weighted by Crippen LogP contribution is -2.49. The first-order valence-electron chi connectivity index (χ1n) is 9.12. The van der Waals surface area contributed by atoms with E-state index in [1.54, 1.807) is 13.8 Å².